The number of rotatable bonds is 26. The predicted molar refractivity (Wildman–Crippen MR) is 154 cm³/mol. The van der Waals surface area contributed by atoms with Gasteiger partial charge >= 0.3 is 0 Å². The van der Waals surface area contributed by atoms with Gasteiger partial charge in [-0.05, 0) is 0 Å². The molecule has 0 amide bonds. The summed E-state index contributed by atoms with van der Waals surface area (Å²) in [5.41, 5.74) is 0. The van der Waals surface area contributed by atoms with Gasteiger partial charge in [0, 0.05) is 143 Å². The summed E-state index contributed by atoms with van der Waals surface area (Å²) in [6.07, 6.45) is 2.84. The molecule has 0 aliphatic carbocycles. The van der Waals surface area contributed by atoms with Crippen molar-refractivity contribution in [3.05, 3.63) is 0 Å². The normalized spacial score (nSPS) is 10.6. The number of hydrogen-bond donors (Lipinski definition) is 0. The zero-order chi connectivity index (χ0) is 30.4. The molecule has 0 radical (unpaired) electrons. The van der Waals surface area contributed by atoms with Gasteiger partial charge in [-0.15, -0.1) is 0 Å². The first kappa shape index (κ1) is 37.2. The van der Waals surface area contributed by atoms with E-state index in [1.165, 1.54) is 0 Å². The summed E-state index contributed by atoms with van der Waals surface area (Å²) in [5.74, 6) is 0. The van der Waals surface area contributed by atoms with Crippen molar-refractivity contribution >= 4 is 0 Å². The third-order valence-corrected chi connectivity index (χ3v) is 6.71. The van der Waals surface area contributed by atoms with Crippen molar-refractivity contribution in [1.82, 2.24) is 24.5 Å². The van der Waals surface area contributed by atoms with Crippen LogP contribution in [0.5, 0.6) is 0 Å². The summed E-state index contributed by atoms with van der Waals surface area (Å²) in [7, 11) is 0. The lowest BCUT2D eigenvalue weighted by Gasteiger charge is -2.31. The van der Waals surface area contributed by atoms with Gasteiger partial charge in [0.15, 0.2) is 0 Å². The molecule has 41 heavy (non-hydrogen) atoms. The van der Waals surface area contributed by atoms with Gasteiger partial charge in [-0.1, -0.05) is 0 Å². The quantitative estimate of drug-likeness (QED) is 0.150. The zero-order valence-electron chi connectivity index (χ0n) is 24.4. The molecule has 0 N–H and O–H groups in total. The average Bonchev–Trinajstić information content (AvgIpc) is 2.99. The van der Waals surface area contributed by atoms with Gasteiger partial charge in [-0.3, -0.25) is 14.7 Å². The number of nitrogens with zero attached hydrogens (tertiary/aromatic N) is 12. The van der Waals surface area contributed by atoms with Crippen molar-refractivity contribution in [2.45, 2.75) is 44.9 Å². The Morgan fingerprint density at radius 2 is 0.341 bits per heavy atom. The van der Waals surface area contributed by atoms with E-state index < -0.39 is 0 Å². The topological polar surface area (TPSA) is 183 Å². The van der Waals surface area contributed by atoms with Crippen molar-refractivity contribution in [2.75, 3.05) is 98.2 Å². The van der Waals surface area contributed by atoms with E-state index in [0.717, 1.165) is 39.3 Å². The Kier molecular flexibility index (Phi) is 25.2. The largest absolute Gasteiger partial charge is 0.300 e. The Hall–Kier alpha value is -3.77. The molecule has 0 saturated carbocycles. The Labute approximate surface area is 247 Å². The number of hydrogen-bond acceptors (Lipinski definition) is 12. The smallest absolute Gasteiger partial charge is 0.0635 e. The molecule has 220 valence electrons. The molecule has 12 nitrogen and oxygen atoms in total. The fraction of sp³-hybridized carbons (Fsp3) is 0.759. The fourth-order valence-corrected chi connectivity index (χ4v) is 4.27. The monoisotopic (exact) mass is 560 g/mol. The Balaban J connectivity index is 5.18. The summed E-state index contributed by atoms with van der Waals surface area (Å²) in [4.78, 5) is 10.9. The third-order valence-electron chi connectivity index (χ3n) is 6.71. The van der Waals surface area contributed by atoms with Crippen LogP contribution in [-0.4, -0.2) is 123 Å². The van der Waals surface area contributed by atoms with Gasteiger partial charge in [0.1, 0.15) is 0 Å². The highest BCUT2D eigenvalue weighted by Crippen LogP contribution is 2.03. The molecular formula is C29H44N12. The van der Waals surface area contributed by atoms with Crippen molar-refractivity contribution in [3.63, 3.8) is 0 Å². The minimum absolute atomic E-state index is 0.405. The summed E-state index contributed by atoms with van der Waals surface area (Å²) >= 11 is 0. The van der Waals surface area contributed by atoms with Crippen LogP contribution in [0.25, 0.3) is 0 Å². The van der Waals surface area contributed by atoms with E-state index in [9.17, 15) is 5.26 Å². The first-order chi connectivity index (χ1) is 20.1. The van der Waals surface area contributed by atoms with Crippen LogP contribution in [0.15, 0.2) is 0 Å². The first-order valence-corrected chi connectivity index (χ1v) is 14.3. The molecule has 0 atom stereocenters. The summed E-state index contributed by atoms with van der Waals surface area (Å²) < 4.78 is 0. The minimum atomic E-state index is 0.405. The van der Waals surface area contributed by atoms with Gasteiger partial charge in [0.2, 0.25) is 0 Å². The third kappa shape index (κ3) is 21.7. The standard InChI is InChI=1S/C29H44N12/c30-8-1-15-37(16-2-9-31)22-24-39(19-5-12-34)26-28-41(21-7-14-36)29-27-40(20-6-13-35)25-23-38(17-3-10-32)18-4-11-33/h1-7,15-29H2. The highest BCUT2D eigenvalue weighted by molar-refractivity contribution is 4.81. The van der Waals surface area contributed by atoms with Gasteiger partial charge in [0.25, 0.3) is 0 Å². The van der Waals surface area contributed by atoms with Crippen LogP contribution in [0.1, 0.15) is 44.9 Å². The van der Waals surface area contributed by atoms with Crippen molar-refractivity contribution in [3.8, 4) is 42.5 Å². The van der Waals surface area contributed by atoms with E-state index in [1.54, 1.807) is 0 Å². The van der Waals surface area contributed by atoms with E-state index in [0.29, 0.717) is 104 Å². The van der Waals surface area contributed by atoms with E-state index in [-0.39, 0.29) is 0 Å². The lowest BCUT2D eigenvalue weighted by atomic mass is 10.3. The molecule has 0 aromatic carbocycles. The second kappa shape index (κ2) is 27.8. The molecule has 0 aromatic heterocycles. The maximum atomic E-state index is 9.20. The molecule has 0 heterocycles. The van der Waals surface area contributed by atoms with Crippen LogP contribution in [0.2, 0.25) is 0 Å². The molecule has 0 aliphatic heterocycles. The lowest BCUT2D eigenvalue weighted by molar-refractivity contribution is 0.157. The van der Waals surface area contributed by atoms with Crippen LogP contribution in [-0.2, 0) is 0 Å². The second-order valence-corrected chi connectivity index (χ2v) is 9.57. The van der Waals surface area contributed by atoms with E-state index >= 15 is 0 Å². The van der Waals surface area contributed by atoms with E-state index in [4.69, 9.17) is 31.6 Å². The summed E-state index contributed by atoms with van der Waals surface area (Å²) in [5, 5.41) is 63.3. The molecule has 0 fully saturated rings. The maximum Gasteiger partial charge on any atom is 0.0635 e. The van der Waals surface area contributed by atoms with Gasteiger partial charge in [0.05, 0.1) is 42.5 Å². The maximum absolute atomic E-state index is 9.20. The van der Waals surface area contributed by atoms with Crippen molar-refractivity contribution in [2.24, 2.45) is 0 Å². The molecule has 0 unspecified atom stereocenters. The van der Waals surface area contributed by atoms with Crippen LogP contribution in [0.4, 0.5) is 0 Å². The second-order valence-electron chi connectivity index (χ2n) is 9.57. The Morgan fingerprint density at radius 1 is 0.220 bits per heavy atom. The molecule has 0 aromatic rings. The lowest BCUT2D eigenvalue weighted by Crippen LogP contribution is -2.44. The molecule has 0 bridgehead atoms. The van der Waals surface area contributed by atoms with Crippen LogP contribution in [0, 0.1) is 79.3 Å². The SMILES string of the molecule is N#CCCN(CCC#N)CCN(CCC#N)CCN(CCC#N)CCN(CCC#N)CCN(CCC#N)CCC#N. The zero-order valence-corrected chi connectivity index (χ0v) is 24.4. The molecule has 0 saturated heterocycles. The van der Waals surface area contributed by atoms with Gasteiger partial charge in [-0.25, -0.2) is 0 Å². The Bertz CT molecular complexity index is 859. The van der Waals surface area contributed by atoms with Crippen LogP contribution < -0.4 is 0 Å². The highest BCUT2D eigenvalue weighted by Gasteiger charge is 2.15. The van der Waals surface area contributed by atoms with E-state index in [2.05, 4.69) is 67.0 Å². The van der Waals surface area contributed by atoms with Crippen molar-refractivity contribution in [1.29, 1.82) is 36.8 Å². The number of nitriles is 7. The van der Waals surface area contributed by atoms with Gasteiger partial charge < -0.3 is 9.80 Å². The van der Waals surface area contributed by atoms with Crippen molar-refractivity contribution < 1.29 is 0 Å². The molecule has 12 heteroatoms. The molecule has 0 aliphatic rings. The molecule has 0 spiro atoms. The molecule has 0 rings (SSSR count). The average molecular weight is 561 g/mol. The van der Waals surface area contributed by atoms with E-state index in [1.807, 2.05) is 0 Å². The molecular weight excluding hydrogens is 516 g/mol. The minimum Gasteiger partial charge on any atom is -0.300 e. The van der Waals surface area contributed by atoms with Crippen LogP contribution >= 0.6 is 0 Å². The predicted octanol–water partition coefficient (Wildman–Crippen LogP) is 1.89. The highest BCUT2D eigenvalue weighted by atomic mass is 15.2. The van der Waals surface area contributed by atoms with Gasteiger partial charge in [-0.2, -0.15) is 36.8 Å². The Morgan fingerprint density at radius 3 is 0.463 bits per heavy atom. The van der Waals surface area contributed by atoms with Crippen LogP contribution in [0.3, 0.4) is 0 Å². The summed E-state index contributed by atoms with van der Waals surface area (Å²) in [6.45, 7) is 10.1. The first-order valence-electron chi connectivity index (χ1n) is 14.3. The summed E-state index contributed by atoms with van der Waals surface area (Å²) in [6, 6.07) is 15.3. The fourth-order valence-electron chi connectivity index (χ4n) is 4.27.